The molecule has 0 unspecified atom stereocenters. The first-order valence-corrected chi connectivity index (χ1v) is 12.2. The number of ketones is 1. The van der Waals surface area contributed by atoms with Crippen LogP contribution >= 0.6 is 23.7 Å². The van der Waals surface area contributed by atoms with Gasteiger partial charge in [0, 0.05) is 23.2 Å². The molecule has 4 rings (SSSR count). The molecule has 0 saturated carbocycles. The summed E-state index contributed by atoms with van der Waals surface area (Å²) >= 11 is 1.54. The second-order valence-corrected chi connectivity index (χ2v) is 9.75. The maximum Gasteiger partial charge on any atom is 0.260 e. The molecule has 0 aliphatic heterocycles. The lowest BCUT2D eigenvalue weighted by Gasteiger charge is -2.21. The van der Waals surface area contributed by atoms with Gasteiger partial charge in [0.05, 0.1) is 10.2 Å². The maximum absolute atomic E-state index is 13.6. The molecule has 0 atom stereocenters. The molecule has 0 N–H and O–H groups in total. The van der Waals surface area contributed by atoms with Crippen molar-refractivity contribution in [2.24, 2.45) is 0 Å². The summed E-state index contributed by atoms with van der Waals surface area (Å²) in [5, 5.41) is 0.705. The third-order valence-electron chi connectivity index (χ3n) is 5.97. The molecule has 0 saturated heterocycles. The average molecular weight is 508 g/mol. The molecule has 1 aromatic heterocycles. The van der Waals surface area contributed by atoms with E-state index in [4.69, 9.17) is 4.98 Å². The third kappa shape index (κ3) is 5.96. The Kier molecular flexibility index (Phi) is 8.78. The number of nitrogens with zero attached hydrogens (tertiary/aromatic N) is 3. The van der Waals surface area contributed by atoms with Crippen molar-refractivity contribution in [3.05, 3.63) is 94.5 Å². The number of halogens is 1. The standard InChI is InChI=1S/C28H29N3O2S.ClH/c1-19-11-16-24-25(20(19)2)29-28(34-24)31(18-8-17-30(3)4)27(33)23-14-12-22(13-15-23)26(32)21-9-6-5-7-10-21;/h5-7,9-16H,8,17-18H2,1-4H3;1H. The molecule has 1 amide bonds. The van der Waals surface area contributed by atoms with Gasteiger partial charge in [0.1, 0.15) is 0 Å². The highest BCUT2D eigenvalue weighted by Gasteiger charge is 2.22. The number of anilines is 1. The van der Waals surface area contributed by atoms with Gasteiger partial charge in [-0.05, 0) is 70.2 Å². The first-order chi connectivity index (χ1) is 16.3. The number of carbonyl (C=O) groups excluding carboxylic acids is 2. The summed E-state index contributed by atoms with van der Waals surface area (Å²) in [6.07, 6.45) is 0.831. The number of benzene rings is 3. The van der Waals surface area contributed by atoms with Gasteiger partial charge in [-0.1, -0.05) is 59.9 Å². The van der Waals surface area contributed by atoms with Crippen LogP contribution in [0.25, 0.3) is 10.2 Å². The highest BCUT2D eigenvalue weighted by atomic mass is 35.5. The third-order valence-corrected chi connectivity index (χ3v) is 7.01. The molecule has 35 heavy (non-hydrogen) atoms. The van der Waals surface area contributed by atoms with Crippen LogP contribution in [0.5, 0.6) is 0 Å². The van der Waals surface area contributed by atoms with Crippen LogP contribution in [0.3, 0.4) is 0 Å². The average Bonchev–Trinajstić information content (AvgIpc) is 3.28. The Labute approximate surface area is 216 Å². The van der Waals surface area contributed by atoms with Gasteiger partial charge >= 0.3 is 0 Å². The lowest BCUT2D eigenvalue weighted by Crippen LogP contribution is -2.33. The second kappa shape index (κ2) is 11.6. The van der Waals surface area contributed by atoms with Gasteiger partial charge in [-0.2, -0.15) is 0 Å². The van der Waals surface area contributed by atoms with Crippen molar-refractivity contribution in [2.45, 2.75) is 20.3 Å². The van der Waals surface area contributed by atoms with Crippen LogP contribution in [-0.2, 0) is 0 Å². The highest BCUT2D eigenvalue weighted by molar-refractivity contribution is 7.22. The van der Waals surface area contributed by atoms with Crippen molar-refractivity contribution >= 4 is 50.8 Å². The second-order valence-electron chi connectivity index (χ2n) is 8.74. The van der Waals surface area contributed by atoms with Crippen LogP contribution in [-0.4, -0.2) is 48.8 Å². The van der Waals surface area contributed by atoms with E-state index in [0.29, 0.717) is 28.4 Å². The fourth-order valence-electron chi connectivity index (χ4n) is 3.84. The minimum absolute atomic E-state index is 0. The van der Waals surface area contributed by atoms with E-state index in [0.717, 1.165) is 28.7 Å². The predicted octanol–water partition coefficient (Wildman–Crippen LogP) is 6.16. The summed E-state index contributed by atoms with van der Waals surface area (Å²) in [6.45, 7) is 5.59. The van der Waals surface area contributed by atoms with E-state index in [2.05, 4.69) is 30.9 Å². The van der Waals surface area contributed by atoms with E-state index >= 15 is 0 Å². The summed E-state index contributed by atoms with van der Waals surface area (Å²) in [7, 11) is 4.05. The molecule has 1 heterocycles. The number of amides is 1. The van der Waals surface area contributed by atoms with Gasteiger partial charge in [0.15, 0.2) is 10.9 Å². The minimum atomic E-state index is -0.106. The summed E-state index contributed by atoms with van der Waals surface area (Å²) < 4.78 is 1.08. The molecule has 4 aromatic rings. The molecule has 182 valence electrons. The fraction of sp³-hybridized carbons (Fsp3) is 0.250. The van der Waals surface area contributed by atoms with Crippen molar-refractivity contribution in [3.63, 3.8) is 0 Å². The number of hydrogen-bond acceptors (Lipinski definition) is 5. The Hall–Kier alpha value is -3.06. The first kappa shape index (κ1) is 26.5. The minimum Gasteiger partial charge on any atom is -0.309 e. The fourth-order valence-corrected chi connectivity index (χ4v) is 4.88. The molecule has 3 aromatic carbocycles. The number of fused-ring (bicyclic) bond motifs is 1. The van der Waals surface area contributed by atoms with Crippen LogP contribution in [0.1, 0.15) is 43.8 Å². The van der Waals surface area contributed by atoms with Crippen molar-refractivity contribution < 1.29 is 9.59 Å². The number of aryl methyl sites for hydroxylation is 2. The van der Waals surface area contributed by atoms with E-state index in [1.807, 2.05) is 32.3 Å². The number of aromatic nitrogens is 1. The molecule has 0 radical (unpaired) electrons. The number of rotatable bonds is 8. The zero-order chi connectivity index (χ0) is 24.2. The quantitative estimate of drug-likeness (QED) is 0.268. The van der Waals surface area contributed by atoms with Crippen molar-refractivity contribution in [2.75, 3.05) is 32.1 Å². The van der Waals surface area contributed by atoms with Gasteiger partial charge in [-0.3, -0.25) is 14.5 Å². The van der Waals surface area contributed by atoms with E-state index in [1.165, 1.54) is 5.56 Å². The Morgan fingerprint density at radius 1 is 0.829 bits per heavy atom. The normalized spacial score (nSPS) is 10.9. The topological polar surface area (TPSA) is 53.5 Å². The summed E-state index contributed by atoms with van der Waals surface area (Å²) in [6, 6.07) is 20.3. The lowest BCUT2D eigenvalue weighted by molar-refractivity contribution is 0.0983. The Balaban J connectivity index is 0.00000342. The van der Waals surface area contributed by atoms with Gasteiger partial charge in [0.2, 0.25) is 0 Å². The van der Waals surface area contributed by atoms with E-state index in [-0.39, 0.29) is 24.1 Å². The zero-order valence-electron chi connectivity index (χ0n) is 20.4. The van der Waals surface area contributed by atoms with Crippen molar-refractivity contribution in [1.29, 1.82) is 0 Å². The summed E-state index contributed by atoms with van der Waals surface area (Å²) in [5.41, 5.74) is 5.02. The number of thiazole rings is 1. The van der Waals surface area contributed by atoms with Crippen molar-refractivity contribution in [1.82, 2.24) is 9.88 Å². The Morgan fingerprint density at radius 3 is 2.11 bits per heavy atom. The Bertz CT molecular complexity index is 1320. The molecule has 5 nitrogen and oxygen atoms in total. The van der Waals surface area contributed by atoms with Crippen molar-refractivity contribution in [3.8, 4) is 0 Å². The van der Waals surface area contributed by atoms with Crippen LogP contribution in [0.15, 0.2) is 66.7 Å². The van der Waals surface area contributed by atoms with E-state index in [1.54, 1.807) is 52.6 Å². The van der Waals surface area contributed by atoms with Crippen LogP contribution < -0.4 is 4.90 Å². The largest absolute Gasteiger partial charge is 0.309 e. The van der Waals surface area contributed by atoms with Crippen LogP contribution in [0, 0.1) is 13.8 Å². The predicted molar refractivity (Wildman–Crippen MR) is 148 cm³/mol. The molecule has 0 aliphatic rings. The molecular weight excluding hydrogens is 478 g/mol. The highest BCUT2D eigenvalue weighted by Crippen LogP contribution is 2.32. The molecular formula is C28H30ClN3O2S. The van der Waals surface area contributed by atoms with E-state index in [9.17, 15) is 9.59 Å². The SMILES string of the molecule is Cc1ccc2sc(N(CCCN(C)C)C(=O)c3ccc(C(=O)c4ccccc4)cc3)nc2c1C.Cl. The van der Waals surface area contributed by atoms with Gasteiger partial charge in [0.25, 0.3) is 5.91 Å². The van der Waals surface area contributed by atoms with Crippen LogP contribution in [0.2, 0.25) is 0 Å². The lowest BCUT2D eigenvalue weighted by atomic mass is 10.0. The first-order valence-electron chi connectivity index (χ1n) is 11.4. The Morgan fingerprint density at radius 2 is 1.46 bits per heavy atom. The monoisotopic (exact) mass is 507 g/mol. The maximum atomic E-state index is 13.6. The molecule has 0 fully saturated rings. The summed E-state index contributed by atoms with van der Waals surface area (Å²) in [5.74, 6) is -0.162. The molecule has 0 aliphatic carbocycles. The van der Waals surface area contributed by atoms with Gasteiger partial charge < -0.3 is 4.90 Å². The molecule has 7 heteroatoms. The van der Waals surface area contributed by atoms with E-state index < -0.39 is 0 Å². The van der Waals surface area contributed by atoms with Gasteiger partial charge in [-0.15, -0.1) is 12.4 Å². The van der Waals surface area contributed by atoms with Crippen LogP contribution in [0.4, 0.5) is 5.13 Å². The number of carbonyl (C=O) groups is 2. The zero-order valence-corrected chi connectivity index (χ0v) is 22.1. The molecule has 0 bridgehead atoms. The number of hydrogen-bond donors (Lipinski definition) is 0. The van der Waals surface area contributed by atoms with Gasteiger partial charge in [-0.25, -0.2) is 4.98 Å². The molecule has 0 spiro atoms. The smallest absolute Gasteiger partial charge is 0.260 e. The summed E-state index contributed by atoms with van der Waals surface area (Å²) in [4.78, 5) is 35.1.